The van der Waals surface area contributed by atoms with E-state index in [1.807, 2.05) is 81.4 Å². The first-order chi connectivity index (χ1) is 21.1. The minimum atomic E-state index is -4.22. The fraction of sp³-hybridized carbons (Fsp3) is 0.257. The van der Waals surface area contributed by atoms with Crippen molar-refractivity contribution in [1.29, 1.82) is 0 Å². The molecule has 0 heterocycles. The Morgan fingerprint density at radius 1 is 0.818 bits per heavy atom. The van der Waals surface area contributed by atoms with E-state index < -0.39 is 28.5 Å². The molecule has 0 saturated heterocycles. The van der Waals surface area contributed by atoms with Crippen LogP contribution in [0.4, 0.5) is 5.69 Å². The summed E-state index contributed by atoms with van der Waals surface area (Å²) in [6.45, 7) is 5.56. The SMILES string of the molecule is CCNC(=O)[C@@H](Cc1ccccc1)N(Cc1cccc(C)c1)C(=O)CN(c1cc(C)ccc1OC)S(=O)(=O)c1ccccc1. The third kappa shape index (κ3) is 7.85. The average Bonchev–Trinajstić information content (AvgIpc) is 3.02. The van der Waals surface area contributed by atoms with Gasteiger partial charge in [0.1, 0.15) is 18.3 Å². The van der Waals surface area contributed by atoms with Crippen molar-refractivity contribution < 1.29 is 22.7 Å². The van der Waals surface area contributed by atoms with Crippen molar-refractivity contribution in [3.63, 3.8) is 0 Å². The highest BCUT2D eigenvalue weighted by Gasteiger charge is 2.35. The van der Waals surface area contributed by atoms with Crippen molar-refractivity contribution >= 4 is 27.5 Å². The lowest BCUT2D eigenvalue weighted by Gasteiger charge is -2.34. The summed E-state index contributed by atoms with van der Waals surface area (Å²) in [5, 5.41) is 2.88. The van der Waals surface area contributed by atoms with Crippen LogP contribution in [0.2, 0.25) is 0 Å². The molecule has 0 aliphatic heterocycles. The Morgan fingerprint density at radius 2 is 1.45 bits per heavy atom. The minimum Gasteiger partial charge on any atom is -0.495 e. The maximum absolute atomic E-state index is 14.5. The lowest BCUT2D eigenvalue weighted by atomic mass is 10.0. The standard InChI is InChI=1S/C35H39N3O5S/c1-5-36-35(40)32(23-28-14-8-6-9-15-28)37(24-29-16-12-13-26(2)21-29)34(39)25-38(31-22-27(3)19-20-33(31)43-4)44(41,42)30-17-10-7-11-18-30/h6-22,32H,5,23-25H2,1-4H3,(H,36,40)/t32-/m1/s1. The highest BCUT2D eigenvalue weighted by molar-refractivity contribution is 7.92. The van der Waals surface area contributed by atoms with E-state index in [2.05, 4.69) is 5.32 Å². The summed E-state index contributed by atoms with van der Waals surface area (Å²) in [6, 6.07) is 29.4. The fourth-order valence-electron chi connectivity index (χ4n) is 5.08. The second-order valence-electron chi connectivity index (χ2n) is 10.6. The lowest BCUT2D eigenvalue weighted by molar-refractivity contribution is -0.140. The van der Waals surface area contributed by atoms with Crippen LogP contribution >= 0.6 is 0 Å². The number of nitrogens with zero attached hydrogens (tertiary/aromatic N) is 2. The van der Waals surface area contributed by atoms with Crippen LogP contribution in [-0.4, -0.2) is 51.4 Å². The molecular weight excluding hydrogens is 574 g/mol. The minimum absolute atomic E-state index is 0.0335. The number of anilines is 1. The second-order valence-corrected chi connectivity index (χ2v) is 12.5. The van der Waals surface area contributed by atoms with Gasteiger partial charge in [0.25, 0.3) is 10.0 Å². The zero-order valence-corrected chi connectivity index (χ0v) is 26.4. The Kier molecular flexibility index (Phi) is 10.8. The van der Waals surface area contributed by atoms with Crippen molar-refractivity contribution in [1.82, 2.24) is 10.2 Å². The number of likely N-dealkylation sites (N-methyl/N-ethyl adjacent to an activating group) is 1. The van der Waals surface area contributed by atoms with Gasteiger partial charge in [-0.1, -0.05) is 84.4 Å². The first-order valence-corrected chi connectivity index (χ1v) is 16.0. The summed E-state index contributed by atoms with van der Waals surface area (Å²) in [6.07, 6.45) is 0.253. The molecule has 0 aliphatic rings. The average molecular weight is 614 g/mol. The van der Waals surface area contributed by atoms with E-state index in [1.165, 1.54) is 24.1 Å². The summed E-state index contributed by atoms with van der Waals surface area (Å²) in [7, 11) is -2.76. The van der Waals surface area contributed by atoms with Crippen LogP contribution in [0.3, 0.4) is 0 Å². The third-order valence-electron chi connectivity index (χ3n) is 7.27. The van der Waals surface area contributed by atoms with E-state index in [4.69, 9.17) is 4.74 Å². The Bertz CT molecular complexity index is 1680. The lowest BCUT2D eigenvalue weighted by Crippen LogP contribution is -2.53. The van der Waals surface area contributed by atoms with Crippen molar-refractivity contribution in [2.24, 2.45) is 0 Å². The topological polar surface area (TPSA) is 96.0 Å². The molecule has 4 aromatic carbocycles. The normalized spacial score (nSPS) is 11.8. The number of ether oxygens (including phenoxy) is 1. The molecule has 44 heavy (non-hydrogen) atoms. The molecule has 0 bridgehead atoms. The zero-order valence-electron chi connectivity index (χ0n) is 25.6. The number of hydrogen-bond donors (Lipinski definition) is 1. The number of nitrogens with one attached hydrogen (secondary N) is 1. The smallest absolute Gasteiger partial charge is 0.264 e. The van der Waals surface area contributed by atoms with Gasteiger partial charge in [-0.3, -0.25) is 13.9 Å². The van der Waals surface area contributed by atoms with Crippen LogP contribution in [0.15, 0.2) is 108 Å². The quantitative estimate of drug-likeness (QED) is 0.221. The van der Waals surface area contributed by atoms with E-state index in [0.717, 1.165) is 26.6 Å². The van der Waals surface area contributed by atoms with Crippen molar-refractivity contribution in [3.8, 4) is 5.75 Å². The van der Waals surface area contributed by atoms with Gasteiger partial charge in [0, 0.05) is 19.5 Å². The largest absolute Gasteiger partial charge is 0.495 e. The van der Waals surface area contributed by atoms with E-state index in [-0.39, 0.29) is 29.5 Å². The molecule has 8 nitrogen and oxygen atoms in total. The van der Waals surface area contributed by atoms with Gasteiger partial charge in [0.2, 0.25) is 11.8 Å². The van der Waals surface area contributed by atoms with Crippen LogP contribution in [-0.2, 0) is 32.6 Å². The Morgan fingerprint density at radius 3 is 2.09 bits per heavy atom. The maximum Gasteiger partial charge on any atom is 0.264 e. The van der Waals surface area contributed by atoms with Gasteiger partial charge in [0.05, 0.1) is 17.7 Å². The molecular formula is C35H39N3O5S. The number of methoxy groups -OCH3 is 1. The van der Waals surface area contributed by atoms with Gasteiger partial charge in [-0.25, -0.2) is 8.42 Å². The zero-order chi connectivity index (χ0) is 31.7. The molecule has 1 atom stereocenters. The van der Waals surface area contributed by atoms with Gasteiger partial charge in [0.15, 0.2) is 0 Å². The Balaban J connectivity index is 1.84. The number of benzene rings is 4. The van der Waals surface area contributed by atoms with E-state index >= 15 is 0 Å². The highest BCUT2D eigenvalue weighted by Crippen LogP contribution is 2.34. The van der Waals surface area contributed by atoms with E-state index in [0.29, 0.717) is 12.3 Å². The van der Waals surface area contributed by atoms with Crippen molar-refractivity contribution in [2.75, 3.05) is 24.5 Å². The molecule has 0 saturated carbocycles. The number of carbonyl (C=O) groups is 2. The first-order valence-electron chi connectivity index (χ1n) is 14.5. The molecule has 0 aromatic heterocycles. The molecule has 0 fully saturated rings. The second kappa shape index (κ2) is 14.7. The number of sulfonamides is 1. The van der Waals surface area contributed by atoms with Crippen LogP contribution in [0.25, 0.3) is 0 Å². The predicted octanol–water partition coefficient (Wildman–Crippen LogP) is 5.28. The number of aryl methyl sites for hydroxylation is 2. The number of rotatable bonds is 13. The van der Waals surface area contributed by atoms with Crippen LogP contribution in [0.1, 0.15) is 29.2 Å². The summed E-state index contributed by atoms with van der Waals surface area (Å²) in [5.74, 6) is -0.539. The fourth-order valence-corrected chi connectivity index (χ4v) is 6.52. The van der Waals surface area contributed by atoms with Gasteiger partial charge >= 0.3 is 0 Å². The highest BCUT2D eigenvalue weighted by atomic mass is 32.2. The number of carbonyl (C=O) groups excluding carboxylic acids is 2. The molecule has 0 spiro atoms. The molecule has 2 amide bonds. The number of amides is 2. The van der Waals surface area contributed by atoms with Gasteiger partial charge in [-0.2, -0.15) is 0 Å². The van der Waals surface area contributed by atoms with Gasteiger partial charge in [-0.15, -0.1) is 0 Å². The molecule has 0 radical (unpaired) electrons. The molecule has 4 aromatic rings. The summed E-state index contributed by atoms with van der Waals surface area (Å²) < 4.78 is 35.0. The summed E-state index contributed by atoms with van der Waals surface area (Å²) in [5.41, 5.74) is 3.73. The van der Waals surface area contributed by atoms with E-state index in [9.17, 15) is 18.0 Å². The first kappa shape index (κ1) is 32.3. The Labute approximate surface area is 260 Å². The Hall–Kier alpha value is -4.63. The summed E-state index contributed by atoms with van der Waals surface area (Å²) in [4.78, 5) is 29.7. The molecule has 0 aliphatic carbocycles. The van der Waals surface area contributed by atoms with Crippen molar-refractivity contribution in [2.45, 2.75) is 44.7 Å². The summed E-state index contributed by atoms with van der Waals surface area (Å²) >= 11 is 0. The number of hydrogen-bond acceptors (Lipinski definition) is 5. The molecule has 230 valence electrons. The monoisotopic (exact) mass is 613 g/mol. The molecule has 0 unspecified atom stereocenters. The molecule has 9 heteroatoms. The van der Waals surface area contributed by atoms with Crippen LogP contribution in [0, 0.1) is 13.8 Å². The van der Waals surface area contributed by atoms with Crippen molar-refractivity contribution in [3.05, 3.63) is 125 Å². The van der Waals surface area contributed by atoms with E-state index in [1.54, 1.807) is 30.3 Å². The maximum atomic E-state index is 14.5. The van der Waals surface area contributed by atoms with Gasteiger partial charge in [-0.05, 0) is 61.7 Å². The molecule has 4 rings (SSSR count). The van der Waals surface area contributed by atoms with Crippen LogP contribution in [0.5, 0.6) is 5.75 Å². The third-order valence-corrected chi connectivity index (χ3v) is 9.04. The molecule has 1 N–H and O–H groups in total. The predicted molar refractivity (Wildman–Crippen MR) is 173 cm³/mol. The van der Waals surface area contributed by atoms with Crippen LogP contribution < -0.4 is 14.4 Å². The van der Waals surface area contributed by atoms with Gasteiger partial charge < -0.3 is 15.0 Å².